The van der Waals surface area contributed by atoms with E-state index in [4.69, 9.17) is 33.7 Å². The first-order valence-electron chi connectivity index (χ1n) is 9.22. The van der Waals surface area contributed by atoms with Crippen molar-refractivity contribution in [3.8, 4) is 17.2 Å². The van der Waals surface area contributed by atoms with Crippen LogP contribution in [0.2, 0.25) is 10.0 Å². The molecule has 1 aliphatic carbocycles. The number of pyridine rings is 1. The highest BCUT2D eigenvalue weighted by molar-refractivity contribution is 6.37. The van der Waals surface area contributed by atoms with E-state index in [1.54, 1.807) is 6.07 Å². The third kappa shape index (κ3) is 3.86. The number of H-pyrrole nitrogens is 2. The molecule has 4 rings (SSSR count). The van der Waals surface area contributed by atoms with Crippen molar-refractivity contribution >= 4 is 29.0 Å². The van der Waals surface area contributed by atoms with Crippen molar-refractivity contribution < 1.29 is 4.74 Å². The highest BCUT2D eigenvalue weighted by Crippen LogP contribution is 2.39. The molecule has 0 unspecified atom stereocenters. The Hall–Kier alpha value is -3.04. The van der Waals surface area contributed by atoms with Crippen LogP contribution in [0.3, 0.4) is 0 Å². The zero-order chi connectivity index (χ0) is 21.4. The van der Waals surface area contributed by atoms with Crippen molar-refractivity contribution in [3.63, 3.8) is 0 Å². The van der Waals surface area contributed by atoms with Gasteiger partial charge in [-0.25, -0.2) is 4.79 Å². The van der Waals surface area contributed by atoms with Gasteiger partial charge in [0, 0.05) is 11.8 Å². The van der Waals surface area contributed by atoms with Crippen LogP contribution in [-0.4, -0.2) is 19.7 Å². The molecule has 0 radical (unpaired) electrons. The van der Waals surface area contributed by atoms with Crippen LogP contribution >= 0.6 is 23.2 Å². The highest BCUT2D eigenvalue weighted by Gasteiger charge is 2.21. The Bertz CT molecular complexity index is 1270. The Morgan fingerprint density at radius 2 is 1.73 bits per heavy atom. The summed E-state index contributed by atoms with van der Waals surface area (Å²) < 4.78 is 6.71. The van der Waals surface area contributed by atoms with E-state index in [-0.39, 0.29) is 38.8 Å². The molecular formula is C19H17Cl2N5O4. The maximum Gasteiger partial charge on any atom is 0.349 e. The fraction of sp³-hybridized carbons (Fsp3) is 0.263. The molecule has 4 N–H and O–H groups in total. The number of nitrogen functional groups attached to an aromatic ring is 1. The molecule has 0 amide bonds. The summed E-state index contributed by atoms with van der Waals surface area (Å²) in [5, 5.41) is 3.95. The Morgan fingerprint density at radius 1 is 1.07 bits per heavy atom. The quantitative estimate of drug-likeness (QED) is 0.559. The van der Waals surface area contributed by atoms with Gasteiger partial charge in [-0.15, -0.1) is 5.10 Å². The lowest BCUT2D eigenvalue weighted by Crippen LogP contribution is -2.33. The second-order valence-electron chi connectivity index (χ2n) is 7.00. The van der Waals surface area contributed by atoms with Crippen LogP contribution in [0, 0.1) is 0 Å². The summed E-state index contributed by atoms with van der Waals surface area (Å²) in [7, 11) is 0. The van der Waals surface area contributed by atoms with Crippen molar-refractivity contribution in [3.05, 3.63) is 71.2 Å². The summed E-state index contributed by atoms with van der Waals surface area (Å²) in [5.41, 5.74) is 4.63. The average molecular weight is 450 g/mol. The first-order chi connectivity index (χ1) is 14.3. The smallest absolute Gasteiger partial charge is 0.349 e. The van der Waals surface area contributed by atoms with Crippen LogP contribution in [0.25, 0.3) is 5.69 Å². The number of nitrogens with two attached hydrogens (primary N) is 1. The third-order valence-electron chi connectivity index (χ3n) is 5.00. The van der Waals surface area contributed by atoms with Crippen LogP contribution in [0.15, 0.2) is 38.8 Å². The number of benzene rings is 1. The summed E-state index contributed by atoms with van der Waals surface area (Å²) in [5.74, 6) is 0.359. The molecule has 3 aromatic rings. The van der Waals surface area contributed by atoms with Crippen molar-refractivity contribution in [2.75, 3.05) is 5.73 Å². The van der Waals surface area contributed by atoms with Crippen LogP contribution in [0.4, 0.5) is 5.82 Å². The minimum absolute atomic E-state index is 0.101. The Balaban J connectivity index is 1.69. The van der Waals surface area contributed by atoms with Gasteiger partial charge in [0.1, 0.15) is 5.75 Å². The summed E-state index contributed by atoms with van der Waals surface area (Å²) in [6.07, 6.45) is 5.56. The maximum absolute atomic E-state index is 12.2. The summed E-state index contributed by atoms with van der Waals surface area (Å²) in [4.78, 5) is 40.4. The molecule has 1 aliphatic rings. The second kappa shape index (κ2) is 8.00. The number of nitrogens with one attached hydrogen (secondary N) is 2. The molecule has 2 heterocycles. The van der Waals surface area contributed by atoms with Crippen LogP contribution in [-0.2, 0) is 0 Å². The molecule has 156 valence electrons. The first-order valence-corrected chi connectivity index (χ1v) is 9.98. The fourth-order valence-electron chi connectivity index (χ4n) is 3.55. The number of hydrogen-bond donors (Lipinski definition) is 3. The van der Waals surface area contributed by atoms with Gasteiger partial charge >= 0.3 is 5.69 Å². The van der Waals surface area contributed by atoms with Gasteiger partial charge in [-0.2, -0.15) is 4.68 Å². The van der Waals surface area contributed by atoms with E-state index in [1.165, 1.54) is 18.3 Å². The molecular weight excluding hydrogens is 433 g/mol. The number of nitrogens with zero attached hydrogens (tertiary/aromatic N) is 2. The lowest BCUT2D eigenvalue weighted by molar-refractivity contribution is 0.478. The number of halogens is 2. The van der Waals surface area contributed by atoms with Gasteiger partial charge in [-0.05, 0) is 37.0 Å². The second-order valence-corrected chi connectivity index (χ2v) is 7.81. The molecule has 1 saturated carbocycles. The maximum atomic E-state index is 12.2. The SMILES string of the molecule is Nc1nn(-c2cc(Cl)c(Oc3c[nH]c(=O)c(C4CCCC4)c3)c(Cl)c2)c(=O)[nH]c1=O. The molecule has 2 aromatic heterocycles. The van der Waals surface area contributed by atoms with E-state index in [1.807, 2.05) is 0 Å². The molecule has 1 fully saturated rings. The molecule has 0 saturated heterocycles. The van der Waals surface area contributed by atoms with E-state index in [0.717, 1.165) is 30.4 Å². The average Bonchev–Trinajstić information content (AvgIpc) is 3.23. The molecule has 0 atom stereocenters. The Kier molecular flexibility index (Phi) is 5.40. The van der Waals surface area contributed by atoms with Crippen molar-refractivity contribution in [2.45, 2.75) is 31.6 Å². The van der Waals surface area contributed by atoms with Gasteiger partial charge in [-0.3, -0.25) is 14.6 Å². The van der Waals surface area contributed by atoms with Gasteiger partial charge in [0.05, 0.1) is 15.7 Å². The number of hydrogen-bond acceptors (Lipinski definition) is 6. The van der Waals surface area contributed by atoms with Crippen LogP contribution in [0.1, 0.15) is 37.2 Å². The van der Waals surface area contributed by atoms with Crippen molar-refractivity contribution in [1.29, 1.82) is 0 Å². The summed E-state index contributed by atoms with van der Waals surface area (Å²) in [6, 6.07) is 4.50. The number of anilines is 1. The summed E-state index contributed by atoms with van der Waals surface area (Å²) >= 11 is 12.7. The third-order valence-corrected chi connectivity index (χ3v) is 5.56. The van der Waals surface area contributed by atoms with Gasteiger partial charge in [0.25, 0.3) is 11.1 Å². The number of rotatable bonds is 4. The minimum atomic E-state index is -0.795. The lowest BCUT2D eigenvalue weighted by atomic mass is 9.99. The van der Waals surface area contributed by atoms with Gasteiger partial charge in [-0.1, -0.05) is 36.0 Å². The molecule has 0 bridgehead atoms. The predicted octanol–water partition coefficient (Wildman–Crippen LogP) is 2.95. The van der Waals surface area contributed by atoms with Crippen molar-refractivity contribution in [1.82, 2.24) is 19.7 Å². The molecule has 0 aliphatic heterocycles. The van der Waals surface area contributed by atoms with E-state index in [0.29, 0.717) is 11.3 Å². The zero-order valence-corrected chi connectivity index (χ0v) is 17.1. The molecule has 30 heavy (non-hydrogen) atoms. The predicted molar refractivity (Wildman–Crippen MR) is 113 cm³/mol. The number of ether oxygens (including phenoxy) is 1. The molecule has 1 aromatic carbocycles. The Morgan fingerprint density at radius 3 is 2.40 bits per heavy atom. The van der Waals surface area contributed by atoms with Gasteiger partial charge in [0.15, 0.2) is 5.75 Å². The van der Waals surface area contributed by atoms with Crippen LogP contribution in [0.5, 0.6) is 11.5 Å². The van der Waals surface area contributed by atoms with E-state index < -0.39 is 11.2 Å². The minimum Gasteiger partial charge on any atom is -0.453 e. The van der Waals surface area contributed by atoms with E-state index >= 15 is 0 Å². The fourth-order valence-corrected chi connectivity index (χ4v) is 4.10. The number of aromatic amines is 2. The normalized spacial score (nSPS) is 14.2. The first kappa shape index (κ1) is 20.2. The van der Waals surface area contributed by atoms with Gasteiger partial charge < -0.3 is 15.5 Å². The molecule has 9 nitrogen and oxygen atoms in total. The van der Waals surface area contributed by atoms with E-state index in [9.17, 15) is 14.4 Å². The van der Waals surface area contributed by atoms with Crippen LogP contribution < -0.4 is 27.3 Å². The standard InChI is InChI=1S/C19H17Cl2N5O4/c20-13-5-10(26-19(29)24-18(28)16(22)25-26)6-14(21)15(13)30-11-7-12(17(27)23-8-11)9-3-1-2-4-9/h5-9H,1-4H2,(H2,22,25)(H,23,27)(H,24,28,29). The Labute approximate surface area is 179 Å². The monoisotopic (exact) mass is 449 g/mol. The zero-order valence-electron chi connectivity index (χ0n) is 15.6. The number of aromatic nitrogens is 4. The van der Waals surface area contributed by atoms with E-state index in [2.05, 4.69) is 15.1 Å². The largest absolute Gasteiger partial charge is 0.453 e. The summed E-state index contributed by atoms with van der Waals surface area (Å²) in [6.45, 7) is 0. The molecule has 0 spiro atoms. The molecule has 11 heteroatoms. The topological polar surface area (TPSA) is 136 Å². The van der Waals surface area contributed by atoms with Crippen molar-refractivity contribution in [2.24, 2.45) is 0 Å². The lowest BCUT2D eigenvalue weighted by Gasteiger charge is -2.14. The van der Waals surface area contributed by atoms with Gasteiger partial charge in [0.2, 0.25) is 5.82 Å². The highest BCUT2D eigenvalue weighted by atomic mass is 35.5.